The second-order valence-electron chi connectivity index (χ2n) is 9.48. The van der Waals surface area contributed by atoms with Gasteiger partial charge in [0.15, 0.2) is 0 Å². The number of amides is 1. The first-order chi connectivity index (χ1) is 18.7. The quantitative estimate of drug-likeness (QED) is 0.336. The van der Waals surface area contributed by atoms with Crippen molar-refractivity contribution in [2.24, 2.45) is 0 Å². The average molecular weight is 548 g/mol. The van der Waals surface area contributed by atoms with Gasteiger partial charge in [-0.1, -0.05) is 24.3 Å². The van der Waals surface area contributed by atoms with E-state index in [0.717, 1.165) is 28.3 Å². The Morgan fingerprint density at radius 1 is 1.15 bits per heavy atom. The largest absolute Gasteiger partial charge is 0.383 e. The van der Waals surface area contributed by atoms with Gasteiger partial charge in [0.05, 0.1) is 24.1 Å². The summed E-state index contributed by atoms with van der Waals surface area (Å²) in [5.74, 6) is 0.310. The lowest BCUT2D eigenvalue weighted by Crippen LogP contribution is -2.51. The normalized spacial score (nSPS) is 14.5. The van der Waals surface area contributed by atoms with Crippen molar-refractivity contribution in [2.45, 2.75) is 12.8 Å². The van der Waals surface area contributed by atoms with Gasteiger partial charge in [0.2, 0.25) is 5.91 Å². The van der Waals surface area contributed by atoms with Crippen molar-refractivity contribution in [3.05, 3.63) is 89.3 Å². The maximum atomic E-state index is 13.9. The maximum absolute atomic E-state index is 13.9. The zero-order valence-corrected chi connectivity index (χ0v) is 22.0. The van der Waals surface area contributed by atoms with Crippen LogP contribution >= 0.6 is 0 Å². The third-order valence-electron chi connectivity index (χ3n) is 6.57. The molecule has 0 aliphatic carbocycles. The molecule has 5 rings (SSSR count). The number of nitrogens with one attached hydrogen (secondary N) is 1. The number of aromatic nitrogens is 2. The van der Waals surface area contributed by atoms with E-state index < -0.39 is 15.9 Å². The molecule has 1 saturated heterocycles. The Morgan fingerprint density at radius 3 is 2.74 bits per heavy atom. The Morgan fingerprint density at radius 2 is 2.00 bits per heavy atom. The number of nitrogens with zero attached hydrogens (tertiary/aromatic N) is 4. The highest BCUT2D eigenvalue weighted by atomic mass is 32.2. The van der Waals surface area contributed by atoms with E-state index in [4.69, 9.17) is 9.44 Å². The van der Waals surface area contributed by atoms with Crippen LogP contribution in [0.3, 0.4) is 0 Å². The van der Waals surface area contributed by atoms with Gasteiger partial charge in [-0.15, -0.1) is 0 Å². The first-order valence-electron chi connectivity index (χ1n) is 12.3. The monoisotopic (exact) mass is 547 g/mol. The predicted molar refractivity (Wildman–Crippen MR) is 144 cm³/mol. The minimum Gasteiger partial charge on any atom is -0.383 e. The van der Waals surface area contributed by atoms with Crippen molar-refractivity contribution in [1.82, 2.24) is 14.9 Å². The molecule has 0 saturated carbocycles. The minimum absolute atomic E-state index is 0.0136. The number of piperazine rings is 1. The van der Waals surface area contributed by atoms with Crippen LogP contribution in [-0.2, 0) is 27.8 Å². The first-order valence-corrected chi connectivity index (χ1v) is 14.2. The minimum atomic E-state index is -3.67. The van der Waals surface area contributed by atoms with E-state index in [1.807, 2.05) is 24.3 Å². The number of benzene rings is 3. The summed E-state index contributed by atoms with van der Waals surface area (Å²) in [7, 11) is -3.67. The van der Waals surface area contributed by atoms with E-state index in [1.54, 1.807) is 35.4 Å². The average Bonchev–Trinajstić information content (AvgIpc) is 3.34. The molecule has 11 heteroatoms. The molecule has 39 heavy (non-hydrogen) atoms. The fourth-order valence-corrected chi connectivity index (χ4v) is 5.17. The highest BCUT2D eigenvalue weighted by molar-refractivity contribution is 7.86. The molecule has 3 aromatic carbocycles. The van der Waals surface area contributed by atoms with Gasteiger partial charge >= 0.3 is 10.1 Å². The SMILES string of the molecule is CS(=O)(=O)Oc1ccc2cccc(N3CCN(CCc4cnc(Cc5ccc(C#N)c(F)c5)[nH]4)CC3=O)c2c1. The van der Waals surface area contributed by atoms with Crippen LogP contribution in [0.15, 0.2) is 60.8 Å². The van der Waals surface area contributed by atoms with Crippen LogP contribution in [0, 0.1) is 17.1 Å². The summed E-state index contributed by atoms with van der Waals surface area (Å²) < 4.78 is 42.1. The lowest BCUT2D eigenvalue weighted by atomic mass is 10.1. The van der Waals surface area contributed by atoms with Crippen molar-refractivity contribution in [1.29, 1.82) is 5.26 Å². The van der Waals surface area contributed by atoms with E-state index in [1.165, 1.54) is 12.1 Å². The van der Waals surface area contributed by atoms with Gasteiger partial charge < -0.3 is 14.1 Å². The number of hydrogen-bond donors (Lipinski definition) is 1. The molecular weight excluding hydrogens is 521 g/mol. The van der Waals surface area contributed by atoms with E-state index in [9.17, 15) is 17.6 Å². The van der Waals surface area contributed by atoms with Crippen LogP contribution in [0.5, 0.6) is 5.75 Å². The third kappa shape index (κ3) is 6.25. The Balaban J connectivity index is 1.20. The van der Waals surface area contributed by atoms with Crippen molar-refractivity contribution < 1.29 is 21.8 Å². The number of imidazole rings is 1. The van der Waals surface area contributed by atoms with E-state index >= 15 is 0 Å². The smallest absolute Gasteiger partial charge is 0.306 e. The molecule has 1 fully saturated rings. The topological polar surface area (TPSA) is 119 Å². The molecule has 0 spiro atoms. The summed E-state index contributed by atoms with van der Waals surface area (Å²) in [5, 5.41) is 10.5. The summed E-state index contributed by atoms with van der Waals surface area (Å²) in [6, 6.07) is 17.0. The zero-order valence-electron chi connectivity index (χ0n) is 21.2. The number of carbonyl (C=O) groups is 1. The lowest BCUT2D eigenvalue weighted by Gasteiger charge is -2.34. The number of halogens is 1. The standard InChI is InChI=1S/C28H26FN5O4S/c1-39(36,37)38-23-8-7-20-3-2-4-26(24(20)15-23)34-12-11-33(18-28(34)35)10-9-22-17-31-27(32-22)14-19-5-6-21(16-30)25(29)13-19/h2-8,13,15,17H,9-12,14,18H2,1H3,(H,31,32). The fraction of sp³-hybridized carbons (Fsp3) is 0.250. The molecule has 0 atom stereocenters. The van der Waals surface area contributed by atoms with E-state index in [-0.39, 0.29) is 23.8 Å². The van der Waals surface area contributed by atoms with Crippen molar-refractivity contribution >= 4 is 32.5 Å². The molecule has 200 valence electrons. The summed E-state index contributed by atoms with van der Waals surface area (Å²) in [5.41, 5.74) is 2.37. The Kier molecular flexibility index (Phi) is 7.32. The molecule has 1 aliphatic heterocycles. The van der Waals surface area contributed by atoms with Gasteiger partial charge in [0, 0.05) is 49.8 Å². The molecule has 1 aromatic heterocycles. The van der Waals surface area contributed by atoms with Crippen LogP contribution in [0.2, 0.25) is 0 Å². The van der Waals surface area contributed by atoms with Crippen LogP contribution in [0.4, 0.5) is 10.1 Å². The number of aromatic amines is 1. The van der Waals surface area contributed by atoms with Gasteiger partial charge in [-0.05, 0) is 41.3 Å². The van der Waals surface area contributed by atoms with Gasteiger partial charge in [-0.3, -0.25) is 9.69 Å². The molecule has 1 aliphatic rings. The van der Waals surface area contributed by atoms with Crippen molar-refractivity contribution in [3.8, 4) is 11.8 Å². The van der Waals surface area contributed by atoms with E-state index in [0.29, 0.717) is 44.0 Å². The van der Waals surface area contributed by atoms with E-state index in [2.05, 4.69) is 14.9 Å². The highest BCUT2D eigenvalue weighted by Gasteiger charge is 2.26. The molecule has 0 bridgehead atoms. The molecule has 0 radical (unpaired) electrons. The fourth-order valence-electron chi connectivity index (χ4n) is 4.72. The molecule has 1 amide bonds. The third-order valence-corrected chi connectivity index (χ3v) is 7.07. The number of carbonyl (C=O) groups excluding carboxylic acids is 1. The second kappa shape index (κ2) is 10.8. The van der Waals surface area contributed by atoms with Crippen molar-refractivity contribution in [2.75, 3.05) is 37.3 Å². The zero-order chi connectivity index (χ0) is 27.6. The molecule has 2 heterocycles. The molecule has 4 aromatic rings. The van der Waals surface area contributed by atoms with Crippen molar-refractivity contribution in [3.63, 3.8) is 0 Å². The maximum Gasteiger partial charge on any atom is 0.306 e. The summed E-state index contributed by atoms with van der Waals surface area (Å²) in [6.07, 6.45) is 3.83. The van der Waals surface area contributed by atoms with Crippen LogP contribution in [0.1, 0.15) is 22.6 Å². The van der Waals surface area contributed by atoms with Crippen LogP contribution in [0.25, 0.3) is 10.8 Å². The Labute approximate surface area is 225 Å². The molecule has 1 N–H and O–H groups in total. The lowest BCUT2D eigenvalue weighted by molar-refractivity contribution is -0.121. The van der Waals surface area contributed by atoms with Crippen LogP contribution in [-0.4, -0.2) is 61.6 Å². The van der Waals surface area contributed by atoms with Gasteiger partial charge in [-0.2, -0.15) is 13.7 Å². The predicted octanol–water partition coefficient (Wildman–Crippen LogP) is 3.39. The number of fused-ring (bicyclic) bond motifs is 1. The molecule has 0 unspecified atom stereocenters. The summed E-state index contributed by atoms with van der Waals surface area (Å²) >= 11 is 0. The van der Waals surface area contributed by atoms with Crippen LogP contribution < -0.4 is 9.08 Å². The number of anilines is 1. The summed E-state index contributed by atoms with van der Waals surface area (Å²) in [4.78, 5) is 24.6. The molecular formula is C28H26FN5O4S. The van der Waals surface area contributed by atoms with Gasteiger partial charge in [-0.25, -0.2) is 9.37 Å². The number of H-pyrrole nitrogens is 1. The Hall–Kier alpha value is -4.27. The Bertz CT molecular complexity index is 1700. The number of rotatable bonds is 8. The van der Waals surface area contributed by atoms with Gasteiger partial charge in [0.25, 0.3) is 0 Å². The number of nitriles is 1. The number of hydrogen-bond acceptors (Lipinski definition) is 7. The first kappa shape index (κ1) is 26.3. The molecule has 9 nitrogen and oxygen atoms in total. The van der Waals surface area contributed by atoms with Gasteiger partial charge in [0.1, 0.15) is 23.5 Å². The highest BCUT2D eigenvalue weighted by Crippen LogP contribution is 2.31. The summed E-state index contributed by atoms with van der Waals surface area (Å²) in [6.45, 7) is 2.08. The second-order valence-corrected chi connectivity index (χ2v) is 11.1.